The van der Waals surface area contributed by atoms with E-state index in [1.165, 1.54) is 12.8 Å². The van der Waals surface area contributed by atoms with Gasteiger partial charge in [-0.05, 0) is 32.1 Å². The van der Waals surface area contributed by atoms with Gasteiger partial charge in [0.05, 0.1) is 5.92 Å². The summed E-state index contributed by atoms with van der Waals surface area (Å²) in [5, 5.41) is 0. The number of nitrogens with zero attached hydrogens (tertiary/aromatic N) is 1. The summed E-state index contributed by atoms with van der Waals surface area (Å²) in [7, 11) is 0. The van der Waals surface area contributed by atoms with Crippen molar-refractivity contribution >= 4 is 5.91 Å². The Morgan fingerprint density at radius 1 is 1.47 bits per heavy atom. The first-order chi connectivity index (χ1) is 7.10. The van der Waals surface area contributed by atoms with Gasteiger partial charge in [-0.25, -0.2) is 0 Å². The van der Waals surface area contributed by atoms with Crippen molar-refractivity contribution < 1.29 is 4.79 Å². The van der Waals surface area contributed by atoms with Gasteiger partial charge in [-0.3, -0.25) is 4.79 Å². The predicted molar refractivity (Wildman–Crippen MR) is 62.4 cm³/mol. The maximum atomic E-state index is 12.2. The van der Waals surface area contributed by atoms with Crippen LogP contribution in [0.3, 0.4) is 0 Å². The van der Waals surface area contributed by atoms with Gasteiger partial charge in [0.15, 0.2) is 0 Å². The van der Waals surface area contributed by atoms with Gasteiger partial charge in [-0.15, -0.1) is 0 Å². The van der Waals surface area contributed by atoms with Gasteiger partial charge >= 0.3 is 0 Å². The zero-order valence-electron chi connectivity index (χ0n) is 10.2. The third-order valence-electron chi connectivity index (χ3n) is 3.00. The normalized spacial score (nSPS) is 17.9. The van der Waals surface area contributed by atoms with Crippen molar-refractivity contribution in [1.29, 1.82) is 0 Å². The van der Waals surface area contributed by atoms with E-state index in [0.717, 1.165) is 13.0 Å². The molecule has 15 heavy (non-hydrogen) atoms. The molecule has 0 aromatic heterocycles. The highest BCUT2D eigenvalue weighted by molar-refractivity contribution is 5.79. The van der Waals surface area contributed by atoms with Crippen LogP contribution in [0.15, 0.2) is 0 Å². The SMILES string of the molecule is CCN(C(=O)C(CN)CC(C)C)C1CC1. The first kappa shape index (κ1) is 12.5. The monoisotopic (exact) mass is 212 g/mol. The fourth-order valence-corrected chi connectivity index (χ4v) is 2.08. The van der Waals surface area contributed by atoms with Gasteiger partial charge in [0, 0.05) is 19.1 Å². The van der Waals surface area contributed by atoms with Crippen molar-refractivity contribution in [3.63, 3.8) is 0 Å². The number of carbonyl (C=O) groups is 1. The summed E-state index contributed by atoms with van der Waals surface area (Å²) >= 11 is 0. The fourth-order valence-electron chi connectivity index (χ4n) is 2.08. The molecule has 0 radical (unpaired) electrons. The third kappa shape index (κ3) is 3.49. The summed E-state index contributed by atoms with van der Waals surface area (Å²) in [4.78, 5) is 14.2. The molecule has 0 saturated heterocycles. The van der Waals surface area contributed by atoms with Crippen LogP contribution in [0.2, 0.25) is 0 Å². The van der Waals surface area contributed by atoms with Crippen LogP contribution in [0.5, 0.6) is 0 Å². The molecule has 1 aliphatic carbocycles. The van der Waals surface area contributed by atoms with E-state index in [1.54, 1.807) is 0 Å². The van der Waals surface area contributed by atoms with Crippen LogP contribution in [0, 0.1) is 11.8 Å². The van der Waals surface area contributed by atoms with E-state index in [4.69, 9.17) is 5.73 Å². The average Bonchev–Trinajstić information content (AvgIpc) is 2.99. The van der Waals surface area contributed by atoms with E-state index < -0.39 is 0 Å². The van der Waals surface area contributed by atoms with Crippen molar-refractivity contribution in [2.75, 3.05) is 13.1 Å². The molecule has 2 N–H and O–H groups in total. The minimum Gasteiger partial charge on any atom is -0.340 e. The Kier molecular flexibility index (Phi) is 4.58. The van der Waals surface area contributed by atoms with Crippen molar-refractivity contribution in [3.05, 3.63) is 0 Å². The maximum Gasteiger partial charge on any atom is 0.227 e. The molecule has 1 saturated carbocycles. The van der Waals surface area contributed by atoms with E-state index in [1.807, 2.05) is 4.90 Å². The van der Waals surface area contributed by atoms with E-state index in [9.17, 15) is 4.79 Å². The van der Waals surface area contributed by atoms with Crippen LogP contribution >= 0.6 is 0 Å². The molecular formula is C12H24N2O. The Morgan fingerprint density at radius 2 is 2.07 bits per heavy atom. The molecule has 1 aliphatic rings. The molecule has 1 atom stereocenters. The van der Waals surface area contributed by atoms with Crippen molar-refractivity contribution in [2.24, 2.45) is 17.6 Å². The topological polar surface area (TPSA) is 46.3 Å². The quantitative estimate of drug-likeness (QED) is 0.727. The number of hydrogen-bond donors (Lipinski definition) is 1. The van der Waals surface area contributed by atoms with Gasteiger partial charge in [-0.1, -0.05) is 13.8 Å². The summed E-state index contributed by atoms with van der Waals surface area (Å²) in [6, 6.07) is 0.517. The zero-order chi connectivity index (χ0) is 11.4. The number of carbonyl (C=O) groups excluding carboxylic acids is 1. The lowest BCUT2D eigenvalue weighted by atomic mass is 9.96. The lowest BCUT2D eigenvalue weighted by Crippen LogP contribution is -2.40. The Hall–Kier alpha value is -0.570. The van der Waals surface area contributed by atoms with Crippen molar-refractivity contribution in [3.8, 4) is 0 Å². The summed E-state index contributed by atoms with van der Waals surface area (Å²) in [5.74, 6) is 0.849. The van der Waals surface area contributed by atoms with Gasteiger partial charge in [0.1, 0.15) is 0 Å². The number of hydrogen-bond acceptors (Lipinski definition) is 2. The molecule has 3 nitrogen and oxygen atoms in total. The lowest BCUT2D eigenvalue weighted by Gasteiger charge is -2.26. The summed E-state index contributed by atoms with van der Waals surface area (Å²) < 4.78 is 0. The molecule has 1 rings (SSSR count). The molecule has 1 amide bonds. The first-order valence-corrected chi connectivity index (χ1v) is 6.10. The Balaban J connectivity index is 2.53. The summed E-state index contributed by atoms with van der Waals surface area (Å²) in [5.41, 5.74) is 5.69. The Morgan fingerprint density at radius 3 is 2.40 bits per heavy atom. The molecule has 0 aromatic rings. The molecule has 88 valence electrons. The van der Waals surface area contributed by atoms with Crippen molar-refractivity contribution in [1.82, 2.24) is 4.90 Å². The van der Waals surface area contributed by atoms with Gasteiger partial charge < -0.3 is 10.6 Å². The molecule has 0 spiro atoms. The molecule has 0 aliphatic heterocycles. The average molecular weight is 212 g/mol. The third-order valence-corrected chi connectivity index (χ3v) is 3.00. The molecule has 1 fully saturated rings. The minimum absolute atomic E-state index is 0.0329. The number of amides is 1. The molecule has 0 heterocycles. The Labute approximate surface area is 93.0 Å². The molecule has 0 bridgehead atoms. The van der Waals surface area contributed by atoms with Crippen LogP contribution in [-0.4, -0.2) is 29.9 Å². The van der Waals surface area contributed by atoms with Gasteiger partial charge in [0.2, 0.25) is 5.91 Å². The highest BCUT2D eigenvalue weighted by Crippen LogP contribution is 2.28. The van der Waals surface area contributed by atoms with E-state index in [2.05, 4.69) is 20.8 Å². The largest absolute Gasteiger partial charge is 0.340 e. The van der Waals surface area contributed by atoms with Crippen LogP contribution < -0.4 is 5.73 Å². The molecular weight excluding hydrogens is 188 g/mol. The first-order valence-electron chi connectivity index (χ1n) is 6.10. The summed E-state index contributed by atoms with van der Waals surface area (Å²) in [6.07, 6.45) is 3.27. The molecule has 0 aromatic carbocycles. The highest BCUT2D eigenvalue weighted by Gasteiger charge is 2.34. The molecule has 1 unspecified atom stereocenters. The fraction of sp³-hybridized carbons (Fsp3) is 0.917. The Bertz CT molecular complexity index is 212. The smallest absolute Gasteiger partial charge is 0.227 e. The second kappa shape index (κ2) is 5.50. The van der Waals surface area contributed by atoms with Crippen LogP contribution in [0.25, 0.3) is 0 Å². The van der Waals surface area contributed by atoms with Crippen LogP contribution in [0.1, 0.15) is 40.0 Å². The second-order valence-electron chi connectivity index (χ2n) is 4.92. The van der Waals surface area contributed by atoms with Gasteiger partial charge in [0.25, 0.3) is 0 Å². The standard InChI is InChI=1S/C12H24N2O/c1-4-14(11-5-6-11)12(15)10(8-13)7-9(2)3/h9-11H,4-8,13H2,1-3H3. The maximum absolute atomic E-state index is 12.2. The predicted octanol–water partition coefficient (Wildman–Crippen LogP) is 1.62. The number of nitrogens with two attached hydrogens (primary N) is 1. The summed E-state index contributed by atoms with van der Waals surface area (Å²) in [6.45, 7) is 7.66. The molecule has 3 heteroatoms. The van der Waals surface area contributed by atoms with Crippen molar-refractivity contribution in [2.45, 2.75) is 46.1 Å². The zero-order valence-corrected chi connectivity index (χ0v) is 10.2. The van der Waals surface area contributed by atoms with E-state index in [0.29, 0.717) is 18.5 Å². The number of rotatable bonds is 6. The van der Waals surface area contributed by atoms with Crippen LogP contribution in [0.4, 0.5) is 0 Å². The van der Waals surface area contributed by atoms with Crippen LogP contribution in [-0.2, 0) is 4.79 Å². The lowest BCUT2D eigenvalue weighted by molar-refractivity contribution is -0.136. The van der Waals surface area contributed by atoms with E-state index in [-0.39, 0.29) is 11.8 Å². The highest BCUT2D eigenvalue weighted by atomic mass is 16.2. The van der Waals surface area contributed by atoms with E-state index >= 15 is 0 Å². The van der Waals surface area contributed by atoms with Gasteiger partial charge in [-0.2, -0.15) is 0 Å². The second-order valence-corrected chi connectivity index (χ2v) is 4.92. The minimum atomic E-state index is 0.0329.